The van der Waals surface area contributed by atoms with Crippen molar-refractivity contribution in [3.05, 3.63) is 0 Å². The summed E-state index contributed by atoms with van der Waals surface area (Å²) in [4.78, 5) is 16.9. The second kappa shape index (κ2) is 5.70. The molecule has 2 unspecified atom stereocenters. The van der Waals surface area contributed by atoms with Crippen molar-refractivity contribution in [2.75, 3.05) is 26.7 Å². The van der Waals surface area contributed by atoms with Gasteiger partial charge in [0.25, 0.3) is 0 Å². The molecule has 2 amide bonds. The number of piperidine rings is 2. The average Bonchev–Trinajstić information content (AvgIpc) is 2.91. The Kier molecular flexibility index (Phi) is 3.96. The van der Waals surface area contributed by atoms with Crippen molar-refractivity contribution >= 4 is 6.03 Å². The highest BCUT2D eigenvalue weighted by Gasteiger charge is 2.36. The van der Waals surface area contributed by atoms with Gasteiger partial charge in [-0.3, -0.25) is 0 Å². The van der Waals surface area contributed by atoms with E-state index in [0.717, 1.165) is 19.5 Å². The molecule has 0 radical (unpaired) electrons. The molecule has 3 aliphatic rings. The van der Waals surface area contributed by atoms with Crippen molar-refractivity contribution < 1.29 is 4.79 Å². The van der Waals surface area contributed by atoms with Crippen LogP contribution < -0.4 is 5.32 Å². The minimum atomic E-state index is 0.193. The van der Waals surface area contributed by atoms with Gasteiger partial charge in [0.1, 0.15) is 0 Å². The van der Waals surface area contributed by atoms with Crippen LogP contribution in [0.4, 0.5) is 4.79 Å². The number of amides is 2. The number of hydrogen-bond acceptors (Lipinski definition) is 2. The lowest BCUT2D eigenvalue weighted by Gasteiger charge is -2.46. The number of carbonyl (C=O) groups excluding carboxylic acids is 1. The standard InChI is InChI=1S/C15H27N3O/c1-17-9-4-5-12-11-18(10-8-14(12)17)15(19)16-13-6-2-3-7-13/h12-14H,2-11H2,1H3,(H,16,19). The minimum absolute atomic E-state index is 0.193. The summed E-state index contributed by atoms with van der Waals surface area (Å²) in [6.07, 6.45) is 8.64. The fourth-order valence-electron chi connectivity index (χ4n) is 4.17. The van der Waals surface area contributed by atoms with Crippen LogP contribution in [0.2, 0.25) is 0 Å². The number of rotatable bonds is 1. The van der Waals surface area contributed by atoms with Crippen LogP contribution in [0.1, 0.15) is 44.9 Å². The van der Waals surface area contributed by atoms with E-state index in [2.05, 4.69) is 22.2 Å². The molecule has 2 aliphatic heterocycles. The summed E-state index contributed by atoms with van der Waals surface area (Å²) < 4.78 is 0. The highest BCUT2D eigenvalue weighted by molar-refractivity contribution is 5.74. The Hall–Kier alpha value is -0.770. The van der Waals surface area contributed by atoms with Crippen molar-refractivity contribution in [1.29, 1.82) is 0 Å². The molecule has 0 spiro atoms. The quantitative estimate of drug-likeness (QED) is 0.787. The summed E-state index contributed by atoms with van der Waals surface area (Å²) in [5.74, 6) is 0.696. The molecule has 4 heteroatoms. The topological polar surface area (TPSA) is 35.6 Å². The Balaban J connectivity index is 1.53. The molecule has 0 aromatic rings. The van der Waals surface area contributed by atoms with Gasteiger partial charge < -0.3 is 15.1 Å². The molecule has 0 bridgehead atoms. The van der Waals surface area contributed by atoms with Gasteiger partial charge in [-0.1, -0.05) is 12.8 Å². The second-order valence-electron chi connectivity index (χ2n) is 6.62. The summed E-state index contributed by atoms with van der Waals surface area (Å²) in [6, 6.07) is 1.35. The maximum Gasteiger partial charge on any atom is 0.317 e. The van der Waals surface area contributed by atoms with Gasteiger partial charge in [-0.25, -0.2) is 4.79 Å². The molecular formula is C15H27N3O. The Morgan fingerprint density at radius 1 is 1.05 bits per heavy atom. The molecule has 1 N–H and O–H groups in total. The van der Waals surface area contributed by atoms with Crippen LogP contribution in [0.25, 0.3) is 0 Å². The van der Waals surface area contributed by atoms with Crippen molar-refractivity contribution in [3.8, 4) is 0 Å². The van der Waals surface area contributed by atoms with Gasteiger partial charge in [0.2, 0.25) is 0 Å². The zero-order valence-electron chi connectivity index (χ0n) is 12.1. The van der Waals surface area contributed by atoms with E-state index in [-0.39, 0.29) is 6.03 Å². The van der Waals surface area contributed by atoms with Gasteiger partial charge in [-0.15, -0.1) is 0 Å². The predicted octanol–water partition coefficient (Wildman–Crippen LogP) is 2.05. The normalized spacial score (nSPS) is 33.2. The first-order valence-corrected chi connectivity index (χ1v) is 8.00. The van der Waals surface area contributed by atoms with Gasteiger partial charge >= 0.3 is 6.03 Å². The molecule has 2 heterocycles. The average molecular weight is 265 g/mol. The van der Waals surface area contributed by atoms with Crippen molar-refractivity contribution in [1.82, 2.24) is 15.1 Å². The Labute approximate surface area is 116 Å². The van der Waals surface area contributed by atoms with Crippen LogP contribution >= 0.6 is 0 Å². The number of fused-ring (bicyclic) bond motifs is 1. The van der Waals surface area contributed by atoms with E-state index in [9.17, 15) is 4.79 Å². The summed E-state index contributed by atoms with van der Waals surface area (Å²) in [5.41, 5.74) is 0. The van der Waals surface area contributed by atoms with E-state index in [0.29, 0.717) is 18.0 Å². The molecule has 19 heavy (non-hydrogen) atoms. The summed E-state index contributed by atoms with van der Waals surface area (Å²) in [7, 11) is 2.24. The lowest BCUT2D eigenvalue weighted by atomic mass is 9.84. The molecule has 0 aromatic carbocycles. The van der Waals surface area contributed by atoms with Crippen LogP contribution in [0.3, 0.4) is 0 Å². The van der Waals surface area contributed by atoms with E-state index < -0.39 is 0 Å². The van der Waals surface area contributed by atoms with Gasteiger partial charge in [-0.2, -0.15) is 0 Å². The minimum Gasteiger partial charge on any atom is -0.335 e. The summed E-state index contributed by atoms with van der Waals surface area (Å²) in [6.45, 7) is 3.13. The highest BCUT2D eigenvalue weighted by atomic mass is 16.2. The lowest BCUT2D eigenvalue weighted by Crippen LogP contribution is -2.56. The summed E-state index contributed by atoms with van der Waals surface area (Å²) in [5, 5.41) is 3.23. The zero-order valence-corrected chi connectivity index (χ0v) is 12.1. The smallest absolute Gasteiger partial charge is 0.317 e. The van der Waals surface area contributed by atoms with Crippen LogP contribution in [-0.4, -0.2) is 54.6 Å². The molecule has 4 nitrogen and oxygen atoms in total. The molecule has 2 saturated heterocycles. The third-order valence-corrected chi connectivity index (χ3v) is 5.32. The fourth-order valence-corrected chi connectivity index (χ4v) is 4.17. The number of carbonyl (C=O) groups is 1. The third-order valence-electron chi connectivity index (χ3n) is 5.32. The molecule has 0 aromatic heterocycles. The highest BCUT2D eigenvalue weighted by Crippen LogP contribution is 2.29. The predicted molar refractivity (Wildman–Crippen MR) is 76.1 cm³/mol. The van der Waals surface area contributed by atoms with Crippen LogP contribution in [-0.2, 0) is 0 Å². The molecule has 108 valence electrons. The maximum absolute atomic E-state index is 12.3. The van der Waals surface area contributed by atoms with Crippen LogP contribution in [0, 0.1) is 5.92 Å². The Morgan fingerprint density at radius 3 is 2.63 bits per heavy atom. The zero-order chi connectivity index (χ0) is 13.2. The van der Waals surface area contributed by atoms with E-state index >= 15 is 0 Å². The number of hydrogen-bond donors (Lipinski definition) is 1. The first-order chi connectivity index (χ1) is 9.24. The number of urea groups is 1. The molecular weight excluding hydrogens is 238 g/mol. The monoisotopic (exact) mass is 265 g/mol. The van der Waals surface area contributed by atoms with Gasteiger partial charge in [-0.05, 0) is 51.6 Å². The van der Waals surface area contributed by atoms with Gasteiger partial charge in [0.15, 0.2) is 0 Å². The van der Waals surface area contributed by atoms with Crippen LogP contribution in [0.15, 0.2) is 0 Å². The van der Waals surface area contributed by atoms with Crippen LogP contribution in [0.5, 0.6) is 0 Å². The molecule has 3 rings (SSSR count). The Morgan fingerprint density at radius 2 is 1.84 bits per heavy atom. The fraction of sp³-hybridized carbons (Fsp3) is 0.933. The van der Waals surface area contributed by atoms with Crippen molar-refractivity contribution in [2.24, 2.45) is 5.92 Å². The number of nitrogens with zero attached hydrogens (tertiary/aromatic N) is 2. The largest absolute Gasteiger partial charge is 0.335 e. The van der Waals surface area contributed by atoms with Crippen molar-refractivity contribution in [3.63, 3.8) is 0 Å². The third kappa shape index (κ3) is 2.88. The van der Waals surface area contributed by atoms with Crippen molar-refractivity contribution in [2.45, 2.75) is 57.0 Å². The van der Waals surface area contributed by atoms with Gasteiger partial charge in [0.05, 0.1) is 0 Å². The van der Waals surface area contributed by atoms with E-state index in [1.165, 1.54) is 45.1 Å². The first kappa shape index (κ1) is 13.2. The molecule has 1 aliphatic carbocycles. The van der Waals surface area contributed by atoms with E-state index in [4.69, 9.17) is 0 Å². The number of likely N-dealkylation sites (tertiary alicyclic amines) is 2. The van der Waals surface area contributed by atoms with E-state index in [1.807, 2.05) is 0 Å². The van der Waals surface area contributed by atoms with Gasteiger partial charge in [0, 0.05) is 25.2 Å². The lowest BCUT2D eigenvalue weighted by molar-refractivity contribution is 0.0511. The molecule has 1 saturated carbocycles. The number of nitrogens with one attached hydrogen (secondary N) is 1. The van der Waals surface area contributed by atoms with E-state index in [1.54, 1.807) is 0 Å². The summed E-state index contributed by atoms with van der Waals surface area (Å²) >= 11 is 0. The first-order valence-electron chi connectivity index (χ1n) is 8.00. The Bertz CT molecular complexity index is 327. The second-order valence-corrected chi connectivity index (χ2v) is 6.62. The molecule has 2 atom stereocenters. The SMILES string of the molecule is CN1CCCC2CN(C(=O)NC3CCCC3)CCC21. The molecule has 3 fully saturated rings. The maximum atomic E-state index is 12.3.